The third kappa shape index (κ3) is 5.65. The molecule has 0 bridgehead atoms. The van der Waals surface area contributed by atoms with Gasteiger partial charge in [0.2, 0.25) is 6.29 Å². The Balaban J connectivity index is 1.73. The number of carbonyl (C=O) groups excluding carboxylic acids is 1. The van der Waals surface area contributed by atoms with Crippen LogP contribution >= 0.6 is 0 Å². The third-order valence-electron chi connectivity index (χ3n) is 4.97. The van der Waals surface area contributed by atoms with Crippen LogP contribution in [0.15, 0.2) is 48.5 Å². The molecule has 31 heavy (non-hydrogen) atoms. The molecule has 3 N–H and O–H groups in total. The van der Waals surface area contributed by atoms with E-state index in [4.69, 9.17) is 18.9 Å². The molecule has 3 rings (SSSR count). The van der Waals surface area contributed by atoms with Gasteiger partial charge < -0.3 is 39.0 Å². The van der Waals surface area contributed by atoms with Crippen LogP contribution in [0.25, 0.3) is 0 Å². The molecule has 2 aromatic carbocycles. The fourth-order valence-corrected chi connectivity index (χ4v) is 3.21. The van der Waals surface area contributed by atoms with Gasteiger partial charge in [0.1, 0.15) is 42.5 Å². The normalized spacial score (nSPS) is 25.5. The first-order valence-corrected chi connectivity index (χ1v) is 9.70. The summed E-state index contributed by atoms with van der Waals surface area (Å²) in [6.07, 6.45) is -7.37. The molecule has 168 valence electrons. The Morgan fingerprint density at radius 2 is 1.68 bits per heavy atom. The smallest absolute Gasteiger partial charge is 0.497 e. The summed E-state index contributed by atoms with van der Waals surface area (Å²) in [6, 6.07) is 14.8. The van der Waals surface area contributed by atoms with Crippen LogP contribution in [-0.4, -0.2) is 73.0 Å². The average Bonchev–Trinajstić information content (AvgIpc) is 2.80. The molecule has 1 fully saturated rings. The van der Waals surface area contributed by atoms with Crippen LogP contribution in [-0.2, 0) is 20.6 Å². The van der Waals surface area contributed by atoms with Gasteiger partial charge >= 0.3 is 6.16 Å². The van der Waals surface area contributed by atoms with Crippen LogP contribution in [0, 0.1) is 0 Å². The highest BCUT2D eigenvalue weighted by atomic mass is 16.7. The number of hydrogen-bond acceptors (Lipinski definition) is 9. The Hall–Kier alpha value is -2.85. The summed E-state index contributed by atoms with van der Waals surface area (Å²) in [5, 5.41) is 30.7. The van der Waals surface area contributed by atoms with Crippen LogP contribution in [0.3, 0.4) is 0 Å². The summed E-state index contributed by atoms with van der Waals surface area (Å²) in [7, 11) is 2.74. The minimum atomic E-state index is -1.56. The Labute approximate surface area is 179 Å². The largest absolute Gasteiger partial charge is 0.508 e. The lowest BCUT2D eigenvalue weighted by Gasteiger charge is -2.40. The van der Waals surface area contributed by atoms with Crippen LogP contribution in [0.1, 0.15) is 11.1 Å². The zero-order valence-electron chi connectivity index (χ0n) is 17.2. The van der Waals surface area contributed by atoms with Gasteiger partial charge in [0.15, 0.2) is 0 Å². The highest BCUT2D eigenvalue weighted by Gasteiger charge is 2.45. The Morgan fingerprint density at radius 3 is 2.35 bits per heavy atom. The molecule has 2 aromatic rings. The van der Waals surface area contributed by atoms with E-state index in [1.54, 1.807) is 19.2 Å². The molecule has 0 amide bonds. The molecule has 1 heterocycles. The molecule has 0 aliphatic carbocycles. The van der Waals surface area contributed by atoms with E-state index in [1.807, 2.05) is 36.4 Å². The zero-order valence-corrected chi connectivity index (χ0v) is 17.2. The molecule has 1 aliphatic rings. The van der Waals surface area contributed by atoms with Gasteiger partial charge in [-0.15, -0.1) is 0 Å². The van der Waals surface area contributed by atoms with Gasteiger partial charge in [0.05, 0.1) is 14.2 Å². The van der Waals surface area contributed by atoms with Gasteiger partial charge in [0, 0.05) is 6.42 Å². The molecule has 0 aromatic heterocycles. The lowest BCUT2D eigenvalue weighted by Crippen LogP contribution is -2.60. The first-order chi connectivity index (χ1) is 14.9. The zero-order chi connectivity index (χ0) is 22.4. The SMILES string of the molecule is COC(=O)OC[C@H]1O[C@@H](Oc2ccccc2Cc2ccc(OC)cc2)[C@H](O)[C@@H](O)[C@@H]1O. The van der Waals surface area contributed by atoms with E-state index in [-0.39, 0.29) is 6.61 Å². The summed E-state index contributed by atoms with van der Waals surface area (Å²) in [5.41, 5.74) is 1.84. The Morgan fingerprint density at radius 1 is 0.968 bits per heavy atom. The first kappa shape index (κ1) is 22.8. The van der Waals surface area contributed by atoms with Crippen LogP contribution in [0.4, 0.5) is 4.79 Å². The molecule has 9 heteroatoms. The lowest BCUT2D eigenvalue weighted by atomic mass is 9.99. The minimum absolute atomic E-state index is 0.384. The summed E-state index contributed by atoms with van der Waals surface area (Å²) >= 11 is 0. The molecule has 9 nitrogen and oxygen atoms in total. The van der Waals surface area contributed by atoms with Crippen molar-refractivity contribution in [3.63, 3.8) is 0 Å². The van der Waals surface area contributed by atoms with E-state index >= 15 is 0 Å². The second kappa shape index (κ2) is 10.5. The van der Waals surface area contributed by atoms with Crippen molar-refractivity contribution in [2.45, 2.75) is 37.1 Å². The van der Waals surface area contributed by atoms with Gasteiger partial charge in [-0.3, -0.25) is 0 Å². The minimum Gasteiger partial charge on any atom is -0.497 e. The molecule has 0 radical (unpaired) electrons. The second-order valence-electron chi connectivity index (χ2n) is 7.03. The molecule has 0 saturated carbocycles. The first-order valence-electron chi connectivity index (χ1n) is 9.70. The van der Waals surface area contributed by atoms with Crippen molar-refractivity contribution < 1.29 is 43.8 Å². The maximum Gasteiger partial charge on any atom is 0.508 e. The maximum absolute atomic E-state index is 11.2. The van der Waals surface area contributed by atoms with Crippen LogP contribution in [0.5, 0.6) is 11.5 Å². The molecule has 1 saturated heterocycles. The average molecular weight is 434 g/mol. The van der Waals surface area contributed by atoms with Crippen molar-refractivity contribution in [3.8, 4) is 11.5 Å². The van der Waals surface area contributed by atoms with Crippen molar-refractivity contribution in [3.05, 3.63) is 59.7 Å². The molecular formula is C22H26O9. The lowest BCUT2D eigenvalue weighted by molar-refractivity contribution is -0.277. The number of benzene rings is 2. The third-order valence-corrected chi connectivity index (χ3v) is 4.97. The highest BCUT2D eigenvalue weighted by molar-refractivity contribution is 5.59. The molecule has 0 unspecified atom stereocenters. The summed E-state index contributed by atoms with van der Waals surface area (Å²) in [4.78, 5) is 11.2. The number of para-hydroxylation sites is 1. The van der Waals surface area contributed by atoms with E-state index in [0.717, 1.165) is 24.0 Å². The van der Waals surface area contributed by atoms with Crippen molar-refractivity contribution in [1.29, 1.82) is 0 Å². The monoisotopic (exact) mass is 434 g/mol. The molecule has 5 atom stereocenters. The maximum atomic E-state index is 11.2. The quantitative estimate of drug-likeness (QED) is 0.553. The standard InChI is InChI=1S/C22H26O9/c1-27-15-9-7-13(8-10-15)11-14-5-3-4-6-16(14)30-21-20(25)19(24)18(23)17(31-21)12-29-22(26)28-2/h3-10,17-21,23-25H,11-12H2,1-2H3/t17-,18-,19+,20-,21-/m1/s1. The van der Waals surface area contributed by atoms with Gasteiger partial charge in [-0.1, -0.05) is 30.3 Å². The number of aliphatic hydroxyl groups is 3. The molecule has 0 spiro atoms. The number of rotatable bonds is 7. The fourth-order valence-electron chi connectivity index (χ4n) is 3.21. The summed E-state index contributed by atoms with van der Waals surface area (Å²) < 4.78 is 25.8. The van der Waals surface area contributed by atoms with Crippen molar-refractivity contribution in [2.24, 2.45) is 0 Å². The van der Waals surface area contributed by atoms with Crippen LogP contribution < -0.4 is 9.47 Å². The van der Waals surface area contributed by atoms with Crippen molar-refractivity contribution >= 4 is 6.16 Å². The number of ether oxygens (including phenoxy) is 5. The van der Waals surface area contributed by atoms with Gasteiger partial charge in [0.25, 0.3) is 0 Å². The summed E-state index contributed by atoms with van der Waals surface area (Å²) in [5.74, 6) is 1.19. The van der Waals surface area contributed by atoms with E-state index in [9.17, 15) is 20.1 Å². The number of aliphatic hydroxyl groups excluding tert-OH is 3. The highest BCUT2D eigenvalue weighted by Crippen LogP contribution is 2.28. The van der Waals surface area contributed by atoms with E-state index in [0.29, 0.717) is 12.2 Å². The Bertz CT molecular complexity index is 854. The number of hydrogen-bond donors (Lipinski definition) is 3. The van der Waals surface area contributed by atoms with Gasteiger partial charge in [-0.25, -0.2) is 4.79 Å². The Kier molecular flexibility index (Phi) is 7.69. The number of carbonyl (C=O) groups is 1. The topological polar surface area (TPSA) is 124 Å². The molecular weight excluding hydrogens is 408 g/mol. The molecule has 1 aliphatic heterocycles. The second-order valence-corrected chi connectivity index (χ2v) is 7.03. The fraction of sp³-hybridized carbons (Fsp3) is 0.409. The van der Waals surface area contributed by atoms with E-state index in [1.165, 1.54) is 0 Å². The van der Waals surface area contributed by atoms with Gasteiger partial charge in [-0.2, -0.15) is 0 Å². The van der Waals surface area contributed by atoms with E-state index in [2.05, 4.69) is 4.74 Å². The van der Waals surface area contributed by atoms with Crippen molar-refractivity contribution in [1.82, 2.24) is 0 Å². The summed E-state index contributed by atoms with van der Waals surface area (Å²) in [6.45, 7) is -0.384. The number of methoxy groups -OCH3 is 2. The predicted octanol–water partition coefficient (Wildman–Crippen LogP) is 1.26. The van der Waals surface area contributed by atoms with Gasteiger partial charge in [-0.05, 0) is 29.3 Å². The van der Waals surface area contributed by atoms with E-state index < -0.39 is 36.9 Å². The predicted molar refractivity (Wildman–Crippen MR) is 108 cm³/mol. The van der Waals surface area contributed by atoms with Crippen LogP contribution in [0.2, 0.25) is 0 Å². The van der Waals surface area contributed by atoms with Crippen molar-refractivity contribution in [2.75, 3.05) is 20.8 Å².